The van der Waals surface area contributed by atoms with E-state index in [-0.39, 0.29) is 11.4 Å². The molecule has 0 saturated carbocycles. The summed E-state index contributed by atoms with van der Waals surface area (Å²) in [6, 6.07) is 2.39. The van der Waals surface area contributed by atoms with Gasteiger partial charge < -0.3 is 5.11 Å². The van der Waals surface area contributed by atoms with Crippen LogP contribution in [0.1, 0.15) is 10.4 Å². The molecule has 5 heteroatoms. The van der Waals surface area contributed by atoms with Crippen molar-refractivity contribution >= 4 is 33.3 Å². The van der Waals surface area contributed by atoms with Crippen LogP contribution in [0, 0.1) is 5.82 Å². The first kappa shape index (κ1) is 10.5. The first-order valence-electron chi connectivity index (χ1n) is 3.33. The van der Waals surface area contributed by atoms with Crippen LogP contribution in [0.2, 0.25) is 0 Å². The second-order valence-electron chi connectivity index (χ2n) is 2.34. The molecule has 0 radical (unpaired) electrons. The summed E-state index contributed by atoms with van der Waals surface area (Å²) in [5.74, 6) is -2.31. The fourth-order valence-electron chi connectivity index (χ4n) is 0.851. The fraction of sp³-hybridized carbons (Fsp3) is 0.125. The van der Waals surface area contributed by atoms with E-state index >= 15 is 0 Å². The number of ketones is 1. The van der Waals surface area contributed by atoms with Gasteiger partial charge in [0.15, 0.2) is 17.3 Å². The number of carbonyl (C=O) groups is 1. The maximum absolute atomic E-state index is 12.9. The smallest absolute Gasteiger partial charge is 0.181 e. The number of hydrogen-bond acceptors (Lipinski definition) is 2. The van der Waals surface area contributed by atoms with Gasteiger partial charge in [-0.2, -0.15) is 0 Å². The van der Waals surface area contributed by atoms with Crippen LogP contribution in [0.25, 0.3) is 0 Å². The summed E-state index contributed by atoms with van der Waals surface area (Å²) >= 11 is 8.26. The third-order valence-electron chi connectivity index (χ3n) is 1.45. The molecule has 0 aliphatic heterocycles. The van der Waals surface area contributed by atoms with Gasteiger partial charge in [0.2, 0.25) is 0 Å². The van der Waals surface area contributed by atoms with Crippen molar-refractivity contribution in [1.82, 2.24) is 0 Å². The summed E-state index contributed by atoms with van der Waals surface area (Å²) in [7, 11) is 0. The Hall–Kier alpha value is -0.610. The Kier molecular flexibility index (Phi) is 3.27. The number of phenolic OH excluding ortho intramolecular Hbond substituents is 1. The van der Waals surface area contributed by atoms with Crippen LogP contribution < -0.4 is 0 Å². The van der Waals surface area contributed by atoms with E-state index in [4.69, 9.17) is 16.7 Å². The highest BCUT2D eigenvalue weighted by Crippen LogP contribution is 2.26. The van der Waals surface area contributed by atoms with E-state index in [9.17, 15) is 9.18 Å². The average molecular weight is 267 g/mol. The number of benzene rings is 1. The lowest BCUT2D eigenvalue weighted by Crippen LogP contribution is -2.01. The molecule has 0 saturated heterocycles. The molecule has 0 heterocycles. The molecule has 1 aromatic carbocycles. The zero-order valence-corrected chi connectivity index (χ0v) is 8.69. The summed E-state index contributed by atoms with van der Waals surface area (Å²) in [4.78, 5) is 11.1. The fourth-order valence-corrected chi connectivity index (χ4v) is 1.42. The number of Topliss-reactive ketones (excluding diaryl/α,β-unsaturated/α-hetero) is 1. The Morgan fingerprint density at radius 3 is 2.77 bits per heavy atom. The monoisotopic (exact) mass is 266 g/mol. The molecule has 70 valence electrons. The number of rotatable bonds is 2. The molecule has 13 heavy (non-hydrogen) atoms. The van der Waals surface area contributed by atoms with E-state index in [1.54, 1.807) is 0 Å². The summed E-state index contributed by atoms with van der Waals surface area (Å²) in [5, 5.41) is 9.15. The predicted octanol–water partition coefficient (Wildman–Crippen LogP) is 2.72. The van der Waals surface area contributed by atoms with E-state index in [1.165, 1.54) is 6.07 Å². The van der Waals surface area contributed by atoms with E-state index in [0.29, 0.717) is 4.47 Å². The van der Waals surface area contributed by atoms with E-state index in [1.807, 2.05) is 0 Å². The van der Waals surface area contributed by atoms with Crippen LogP contribution >= 0.6 is 27.5 Å². The van der Waals surface area contributed by atoms with E-state index in [2.05, 4.69) is 15.9 Å². The van der Waals surface area contributed by atoms with Crippen LogP contribution in [0.4, 0.5) is 4.39 Å². The standard InChI is InChI=1S/C8H5BrClFO2/c9-4-1-5(7(12)3-10)8(13)6(11)2-4/h1-2,13H,3H2. The zero-order chi connectivity index (χ0) is 10.0. The molecule has 1 N–H and O–H groups in total. The molecule has 2 nitrogen and oxygen atoms in total. The number of hydrogen-bond donors (Lipinski definition) is 1. The first-order chi connectivity index (χ1) is 6.06. The minimum atomic E-state index is -0.845. The van der Waals surface area contributed by atoms with Crippen molar-refractivity contribution in [3.05, 3.63) is 28.0 Å². The van der Waals surface area contributed by atoms with Gasteiger partial charge in [0.25, 0.3) is 0 Å². The molecule has 0 bridgehead atoms. The van der Waals surface area contributed by atoms with Gasteiger partial charge in [0, 0.05) is 4.47 Å². The number of phenols is 1. The Morgan fingerprint density at radius 1 is 1.62 bits per heavy atom. The molecule has 1 rings (SSSR count). The summed E-state index contributed by atoms with van der Waals surface area (Å²) < 4.78 is 13.2. The Bertz CT molecular complexity index is 354. The minimum Gasteiger partial charge on any atom is -0.504 e. The highest BCUT2D eigenvalue weighted by molar-refractivity contribution is 9.10. The molecule has 0 aliphatic carbocycles. The molecule has 0 fully saturated rings. The van der Waals surface area contributed by atoms with E-state index < -0.39 is 17.3 Å². The molecule has 0 aliphatic rings. The Morgan fingerprint density at radius 2 is 2.23 bits per heavy atom. The van der Waals surface area contributed by atoms with Crippen molar-refractivity contribution in [1.29, 1.82) is 0 Å². The molecular formula is C8H5BrClFO2. The maximum atomic E-state index is 12.9. The van der Waals surface area contributed by atoms with Gasteiger partial charge in [0.1, 0.15) is 0 Å². The van der Waals surface area contributed by atoms with Gasteiger partial charge in [0.05, 0.1) is 11.4 Å². The molecule has 0 amide bonds. The molecule has 0 unspecified atom stereocenters. The van der Waals surface area contributed by atoms with Gasteiger partial charge in [-0.25, -0.2) is 4.39 Å². The summed E-state index contributed by atoms with van der Waals surface area (Å²) in [6.45, 7) is 0. The minimum absolute atomic E-state index is 0.109. The van der Waals surface area contributed by atoms with Gasteiger partial charge in [-0.05, 0) is 12.1 Å². The van der Waals surface area contributed by atoms with Crippen molar-refractivity contribution in [2.75, 3.05) is 5.88 Å². The van der Waals surface area contributed by atoms with Crippen molar-refractivity contribution in [2.24, 2.45) is 0 Å². The second-order valence-corrected chi connectivity index (χ2v) is 3.52. The lowest BCUT2D eigenvalue weighted by molar-refractivity contribution is 0.101. The predicted molar refractivity (Wildman–Crippen MR) is 50.8 cm³/mol. The van der Waals surface area contributed by atoms with Gasteiger partial charge in [-0.15, -0.1) is 11.6 Å². The van der Waals surface area contributed by atoms with Crippen LogP contribution in [0.3, 0.4) is 0 Å². The third-order valence-corrected chi connectivity index (χ3v) is 2.15. The Labute approximate surface area is 87.5 Å². The number of alkyl halides is 1. The molecular weight excluding hydrogens is 262 g/mol. The van der Waals surface area contributed by atoms with Gasteiger partial charge >= 0.3 is 0 Å². The number of halogens is 3. The van der Waals surface area contributed by atoms with Crippen LogP contribution in [-0.4, -0.2) is 16.8 Å². The number of aromatic hydroxyl groups is 1. The van der Waals surface area contributed by atoms with Crippen LogP contribution in [0.5, 0.6) is 5.75 Å². The third kappa shape index (κ3) is 2.19. The van der Waals surface area contributed by atoms with Crippen molar-refractivity contribution in [2.45, 2.75) is 0 Å². The topological polar surface area (TPSA) is 37.3 Å². The highest BCUT2D eigenvalue weighted by atomic mass is 79.9. The lowest BCUT2D eigenvalue weighted by Gasteiger charge is -2.03. The Balaban J connectivity index is 3.28. The van der Waals surface area contributed by atoms with Crippen LogP contribution in [0.15, 0.2) is 16.6 Å². The van der Waals surface area contributed by atoms with Crippen molar-refractivity contribution < 1.29 is 14.3 Å². The molecule has 0 spiro atoms. The quantitative estimate of drug-likeness (QED) is 0.661. The summed E-state index contributed by atoms with van der Waals surface area (Å²) in [6.07, 6.45) is 0. The van der Waals surface area contributed by atoms with E-state index in [0.717, 1.165) is 6.07 Å². The largest absolute Gasteiger partial charge is 0.504 e. The lowest BCUT2D eigenvalue weighted by atomic mass is 10.1. The summed E-state index contributed by atoms with van der Waals surface area (Å²) in [5.41, 5.74) is -0.109. The zero-order valence-electron chi connectivity index (χ0n) is 6.35. The van der Waals surface area contributed by atoms with Crippen molar-refractivity contribution in [3.63, 3.8) is 0 Å². The molecule has 1 aromatic rings. The van der Waals surface area contributed by atoms with Crippen LogP contribution in [-0.2, 0) is 0 Å². The van der Waals surface area contributed by atoms with Crippen molar-refractivity contribution in [3.8, 4) is 5.75 Å². The SMILES string of the molecule is O=C(CCl)c1cc(Br)cc(F)c1O. The highest BCUT2D eigenvalue weighted by Gasteiger charge is 2.14. The normalized spacial score (nSPS) is 10.1. The molecule has 0 atom stereocenters. The van der Waals surface area contributed by atoms with Gasteiger partial charge in [-0.3, -0.25) is 4.79 Å². The van der Waals surface area contributed by atoms with Gasteiger partial charge in [-0.1, -0.05) is 15.9 Å². The average Bonchev–Trinajstić information content (AvgIpc) is 2.10. The maximum Gasteiger partial charge on any atom is 0.181 e. The molecule has 0 aromatic heterocycles. The second kappa shape index (κ2) is 4.07. The first-order valence-corrected chi connectivity index (χ1v) is 4.66. The number of carbonyl (C=O) groups excluding carboxylic acids is 1.